The van der Waals surface area contributed by atoms with E-state index in [9.17, 15) is 12.8 Å². The van der Waals surface area contributed by atoms with E-state index < -0.39 is 15.7 Å². The van der Waals surface area contributed by atoms with Crippen molar-refractivity contribution in [2.45, 2.75) is 21.9 Å². The van der Waals surface area contributed by atoms with Gasteiger partial charge in [0.25, 0.3) is 0 Å². The van der Waals surface area contributed by atoms with E-state index in [1.165, 1.54) is 60.3 Å². The Bertz CT molecular complexity index is 984. The van der Waals surface area contributed by atoms with E-state index in [4.69, 9.17) is 16.0 Å². The fraction of sp³-hybridized carbons (Fsp3) is 0.118. The van der Waals surface area contributed by atoms with Crippen LogP contribution in [0.25, 0.3) is 11.5 Å². The van der Waals surface area contributed by atoms with Crippen LogP contribution < -0.4 is 0 Å². The lowest BCUT2D eigenvalue weighted by Gasteiger charge is -2.02. The molecule has 0 radical (unpaired) electrons. The zero-order valence-electron chi connectivity index (χ0n) is 13.1. The van der Waals surface area contributed by atoms with Crippen LogP contribution in [0.2, 0.25) is 5.02 Å². The average molecular weight is 398 g/mol. The van der Waals surface area contributed by atoms with Gasteiger partial charge in [0.05, 0.1) is 4.90 Å². The van der Waals surface area contributed by atoms with Gasteiger partial charge in [0.1, 0.15) is 5.82 Å². The minimum absolute atomic E-state index is 0.0776. The van der Waals surface area contributed by atoms with Gasteiger partial charge >= 0.3 is 0 Å². The summed E-state index contributed by atoms with van der Waals surface area (Å²) in [5.74, 6) is 0.345. The Morgan fingerprint density at radius 3 is 2.36 bits per heavy atom. The standard InChI is InChI=1S/C17H13ClFNO3S2/c1-2-24-17-16(25(21,22)14-9-5-12(18)6-10-14)20-15(23-17)11-3-7-13(19)8-4-11/h3-10H,2H2,1H3. The second-order valence-electron chi connectivity index (χ2n) is 5.01. The van der Waals surface area contributed by atoms with Crippen LogP contribution in [-0.4, -0.2) is 19.2 Å². The molecule has 0 unspecified atom stereocenters. The predicted molar refractivity (Wildman–Crippen MR) is 95.2 cm³/mol. The topological polar surface area (TPSA) is 60.2 Å². The lowest BCUT2D eigenvalue weighted by atomic mass is 10.2. The van der Waals surface area contributed by atoms with Crippen LogP contribution in [0.5, 0.6) is 0 Å². The molecule has 0 saturated heterocycles. The first-order valence-corrected chi connectivity index (χ1v) is 10.2. The molecule has 0 amide bonds. The van der Waals surface area contributed by atoms with Crippen molar-refractivity contribution < 1.29 is 17.2 Å². The number of halogens is 2. The predicted octanol–water partition coefficient (Wildman–Crippen LogP) is 5.08. The van der Waals surface area contributed by atoms with E-state index in [-0.39, 0.29) is 20.9 Å². The molecule has 0 atom stereocenters. The van der Waals surface area contributed by atoms with Gasteiger partial charge < -0.3 is 4.42 Å². The van der Waals surface area contributed by atoms with Crippen LogP contribution in [0.15, 0.2) is 68.0 Å². The number of nitrogens with zero attached hydrogens (tertiary/aromatic N) is 1. The summed E-state index contributed by atoms with van der Waals surface area (Å²) in [6, 6.07) is 11.3. The zero-order valence-corrected chi connectivity index (χ0v) is 15.5. The SMILES string of the molecule is CCSc1oc(-c2ccc(F)cc2)nc1S(=O)(=O)c1ccc(Cl)cc1. The molecule has 4 nitrogen and oxygen atoms in total. The Morgan fingerprint density at radius 1 is 1.12 bits per heavy atom. The summed E-state index contributed by atoms with van der Waals surface area (Å²) in [5.41, 5.74) is 0.497. The van der Waals surface area contributed by atoms with E-state index >= 15 is 0 Å². The van der Waals surface area contributed by atoms with Crippen LogP contribution in [0.4, 0.5) is 4.39 Å². The van der Waals surface area contributed by atoms with E-state index in [0.717, 1.165) is 0 Å². The van der Waals surface area contributed by atoms with Gasteiger partial charge in [-0.1, -0.05) is 30.3 Å². The quantitative estimate of drug-likeness (QED) is 0.562. The molecular formula is C17H13ClFNO3S2. The number of hydrogen-bond donors (Lipinski definition) is 0. The molecule has 8 heteroatoms. The molecule has 3 aromatic rings. The molecule has 130 valence electrons. The Kier molecular flexibility index (Phi) is 5.17. The molecule has 2 aromatic carbocycles. The first-order valence-electron chi connectivity index (χ1n) is 7.32. The molecule has 0 saturated carbocycles. The van der Waals surface area contributed by atoms with Crippen molar-refractivity contribution in [3.05, 3.63) is 59.4 Å². The van der Waals surface area contributed by atoms with Gasteiger partial charge in [0, 0.05) is 10.6 Å². The number of benzene rings is 2. The maximum absolute atomic E-state index is 13.1. The van der Waals surface area contributed by atoms with Crippen LogP contribution in [0.3, 0.4) is 0 Å². The first kappa shape index (κ1) is 18.0. The van der Waals surface area contributed by atoms with Crippen molar-refractivity contribution >= 4 is 33.2 Å². The summed E-state index contributed by atoms with van der Waals surface area (Å²) in [6.07, 6.45) is 0. The van der Waals surface area contributed by atoms with E-state index in [0.29, 0.717) is 16.3 Å². The molecule has 0 aliphatic carbocycles. The van der Waals surface area contributed by atoms with Crippen LogP contribution in [0, 0.1) is 5.82 Å². The fourth-order valence-electron chi connectivity index (χ4n) is 2.13. The summed E-state index contributed by atoms with van der Waals surface area (Å²) in [4.78, 5) is 4.25. The van der Waals surface area contributed by atoms with Crippen LogP contribution in [0.1, 0.15) is 6.92 Å². The Balaban J connectivity index is 2.11. The van der Waals surface area contributed by atoms with E-state index in [2.05, 4.69) is 4.98 Å². The summed E-state index contributed by atoms with van der Waals surface area (Å²) in [6.45, 7) is 1.88. The molecule has 0 bridgehead atoms. The van der Waals surface area contributed by atoms with Crippen molar-refractivity contribution in [1.29, 1.82) is 0 Å². The third-order valence-corrected chi connectivity index (χ3v) is 6.20. The molecule has 0 aliphatic rings. The van der Waals surface area contributed by atoms with E-state index in [1.807, 2.05) is 6.92 Å². The normalized spacial score (nSPS) is 11.6. The minimum atomic E-state index is -3.86. The number of hydrogen-bond acceptors (Lipinski definition) is 5. The zero-order chi connectivity index (χ0) is 18.0. The van der Waals surface area contributed by atoms with Gasteiger partial charge in [-0.15, -0.1) is 0 Å². The smallest absolute Gasteiger partial charge is 0.228 e. The molecule has 1 aromatic heterocycles. The molecule has 3 rings (SSSR count). The lowest BCUT2D eigenvalue weighted by Crippen LogP contribution is -2.03. The highest BCUT2D eigenvalue weighted by Gasteiger charge is 2.28. The van der Waals surface area contributed by atoms with Gasteiger partial charge in [0.2, 0.25) is 25.8 Å². The third-order valence-electron chi connectivity index (χ3n) is 3.31. The van der Waals surface area contributed by atoms with Crippen LogP contribution in [-0.2, 0) is 9.84 Å². The monoisotopic (exact) mass is 397 g/mol. The minimum Gasteiger partial charge on any atom is -0.428 e. The highest BCUT2D eigenvalue weighted by atomic mass is 35.5. The highest BCUT2D eigenvalue weighted by Crippen LogP contribution is 2.35. The Morgan fingerprint density at radius 2 is 1.76 bits per heavy atom. The summed E-state index contributed by atoms with van der Waals surface area (Å²) >= 11 is 7.06. The summed E-state index contributed by atoms with van der Waals surface area (Å²) in [5, 5.41) is 0.493. The number of aromatic nitrogens is 1. The van der Waals surface area contributed by atoms with Crippen molar-refractivity contribution in [3.63, 3.8) is 0 Å². The third kappa shape index (κ3) is 3.73. The van der Waals surface area contributed by atoms with Gasteiger partial charge in [0.15, 0.2) is 0 Å². The lowest BCUT2D eigenvalue weighted by molar-refractivity contribution is 0.470. The molecular weight excluding hydrogens is 385 g/mol. The number of oxazole rings is 1. The van der Waals surface area contributed by atoms with Gasteiger partial charge in [-0.3, -0.25) is 0 Å². The second kappa shape index (κ2) is 7.19. The van der Waals surface area contributed by atoms with Gasteiger partial charge in [-0.25, -0.2) is 12.8 Å². The molecule has 25 heavy (non-hydrogen) atoms. The van der Waals surface area contributed by atoms with Gasteiger partial charge in [-0.2, -0.15) is 4.98 Å². The first-order chi connectivity index (χ1) is 11.9. The molecule has 0 N–H and O–H groups in total. The van der Waals surface area contributed by atoms with Crippen molar-refractivity contribution in [2.75, 3.05) is 5.75 Å². The average Bonchev–Trinajstić information content (AvgIpc) is 3.01. The van der Waals surface area contributed by atoms with Crippen molar-refractivity contribution in [1.82, 2.24) is 4.98 Å². The molecule has 0 spiro atoms. The van der Waals surface area contributed by atoms with Crippen molar-refractivity contribution in [2.24, 2.45) is 0 Å². The maximum atomic E-state index is 13.1. The molecule has 1 heterocycles. The summed E-state index contributed by atoms with van der Waals surface area (Å²) < 4.78 is 44.5. The Hall–Kier alpha value is -1.83. The number of sulfone groups is 1. The maximum Gasteiger partial charge on any atom is 0.228 e. The largest absolute Gasteiger partial charge is 0.428 e. The molecule has 0 aliphatic heterocycles. The van der Waals surface area contributed by atoms with Crippen LogP contribution >= 0.6 is 23.4 Å². The number of rotatable bonds is 5. The second-order valence-corrected chi connectivity index (χ2v) is 8.55. The molecule has 0 fully saturated rings. The highest BCUT2D eigenvalue weighted by molar-refractivity contribution is 8.00. The van der Waals surface area contributed by atoms with Crippen molar-refractivity contribution in [3.8, 4) is 11.5 Å². The number of thioether (sulfide) groups is 1. The fourth-order valence-corrected chi connectivity index (χ4v) is 4.51. The van der Waals surface area contributed by atoms with E-state index in [1.54, 1.807) is 0 Å². The van der Waals surface area contributed by atoms with Gasteiger partial charge in [-0.05, 0) is 54.3 Å². The summed E-state index contributed by atoms with van der Waals surface area (Å²) in [7, 11) is -3.86. The Labute approximate surface area is 154 Å².